The van der Waals surface area contributed by atoms with Crippen LogP contribution >= 0.6 is 0 Å². The lowest BCUT2D eigenvalue weighted by Gasteiger charge is -2.32. The summed E-state index contributed by atoms with van der Waals surface area (Å²) in [5, 5.41) is 24.5. The molecule has 4 amide bonds. The number of aromatic amines is 1. The van der Waals surface area contributed by atoms with Crippen molar-refractivity contribution in [3.63, 3.8) is 0 Å². The Balaban J connectivity index is 0.739. The molecule has 3 aliphatic heterocycles. The zero-order valence-corrected chi connectivity index (χ0v) is 39.1. The zero-order chi connectivity index (χ0) is 48.7. The molecule has 6 aromatic rings. The molecule has 9 rings (SSSR count). The second-order valence-electron chi connectivity index (χ2n) is 17.3. The van der Waals surface area contributed by atoms with Gasteiger partial charge in [0, 0.05) is 57.8 Å². The molecule has 70 heavy (non-hydrogen) atoms. The van der Waals surface area contributed by atoms with Crippen molar-refractivity contribution in [1.29, 1.82) is 0 Å². The summed E-state index contributed by atoms with van der Waals surface area (Å²) in [7, 11) is 3.30. The highest BCUT2D eigenvalue weighted by atomic mass is 16.5. The summed E-state index contributed by atoms with van der Waals surface area (Å²) < 4.78 is 12.4. The average molecular weight is 942 g/mol. The van der Waals surface area contributed by atoms with Crippen LogP contribution in [-0.2, 0) is 22.6 Å². The van der Waals surface area contributed by atoms with E-state index in [4.69, 9.17) is 9.47 Å². The number of nitrogens with one attached hydrogen (secondary N) is 3. The summed E-state index contributed by atoms with van der Waals surface area (Å²) >= 11 is 0. The van der Waals surface area contributed by atoms with E-state index >= 15 is 0 Å². The summed E-state index contributed by atoms with van der Waals surface area (Å²) in [5.41, 5.74) is 4.53. The van der Waals surface area contributed by atoms with Crippen molar-refractivity contribution in [3.05, 3.63) is 137 Å². The maximum atomic E-state index is 13.7. The summed E-state index contributed by atoms with van der Waals surface area (Å²) in [4.78, 5) is 67.0. The smallest absolute Gasteiger partial charge is 0.293 e. The number of amides is 4. The van der Waals surface area contributed by atoms with Crippen molar-refractivity contribution in [2.24, 2.45) is 0 Å². The molecule has 0 spiro atoms. The number of hydrogen-bond donors (Lipinski definition) is 3. The van der Waals surface area contributed by atoms with E-state index in [-0.39, 0.29) is 23.5 Å². The molecule has 4 aromatic carbocycles. The Labute approximate surface area is 404 Å². The van der Waals surface area contributed by atoms with Crippen molar-refractivity contribution in [2.45, 2.75) is 51.1 Å². The number of rotatable bonds is 10. The minimum absolute atomic E-state index is 0.0568. The standard InChI is InChI=1S/C51H51N13O6/c1-33-44(53-48(65)46-52-43(55-56-46)31-35-13-7-5-8-14-35)50(67)60(3)39-29-36(19-21-41(39)69-33)17-11-23-62-25-27-63(28-26-62)24-12-18-37-20-22-42-40(30-37)61(4)51(68)45(34(2)70-42)54-49(66)47-57-59-64(58-47)32-38-15-9-6-10-16-38/h5-10,13-16,19-22,29-30,33-34,44-45H,23-28,31-32H2,1-4H3,(H,53,65)(H,54,66)(H,52,55,56)/t33-,34-,44+,45+/m1/s1. The fourth-order valence-corrected chi connectivity index (χ4v) is 8.30. The van der Waals surface area contributed by atoms with Gasteiger partial charge in [-0.1, -0.05) is 84.3 Å². The third-order valence-corrected chi connectivity index (χ3v) is 12.3. The molecule has 0 unspecified atom stereocenters. The monoisotopic (exact) mass is 941 g/mol. The molecule has 3 aliphatic rings. The molecule has 0 bridgehead atoms. The van der Waals surface area contributed by atoms with Gasteiger partial charge in [0.15, 0.2) is 0 Å². The highest BCUT2D eigenvalue weighted by molar-refractivity contribution is 6.04. The van der Waals surface area contributed by atoms with Crippen LogP contribution < -0.4 is 29.9 Å². The minimum Gasteiger partial charge on any atom is -0.486 e. The topological polar surface area (TPSA) is 209 Å². The van der Waals surface area contributed by atoms with Crippen molar-refractivity contribution >= 4 is 35.0 Å². The van der Waals surface area contributed by atoms with E-state index < -0.39 is 36.1 Å². The fraction of sp³-hybridized carbons (Fsp3) is 0.314. The summed E-state index contributed by atoms with van der Waals surface area (Å²) in [5.74, 6) is 12.5. The molecule has 1 fully saturated rings. The largest absolute Gasteiger partial charge is 0.486 e. The van der Waals surface area contributed by atoms with Gasteiger partial charge in [0.2, 0.25) is 5.82 Å². The Kier molecular flexibility index (Phi) is 13.9. The number of nitrogens with zero attached hydrogens (tertiary/aromatic N) is 10. The molecule has 5 heterocycles. The number of benzene rings is 4. The van der Waals surface area contributed by atoms with Gasteiger partial charge in [-0.2, -0.15) is 4.80 Å². The van der Waals surface area contributed by atoms with Crippen molar-refractivity contribution < 1.29 is 28.7 Å². The third kappa shape index (κ3) is 10.8. The predicted molar refractivity (Wildman–Crippen MR) is 258 cm³/mol. The van der Waals surface area contributed by atoms with E-state index in [1.165, 1.54) is 14.6 Å². The number of H-pyrrole nitrogens is 1. The van der Waals surface area contributed by atoms with Gasteiger partial charge in [-0.3, -0.25) is 34.1 Å². The molecule has 4 atom stereocenters. The first-order valence-electron chi connectivity index (χ1n) is 22.9. The Morgan fingerprint density at radius 1 is 0.686 bits per heavy atom. The quantitative estimate of drug-likeness (QED) is 0.169. The van der Waals surface area contributed by atoms with Gasteiger partial charge in [0.1, 0.15) is 41.6 Å². The molecule has 2 aromatic heterocycles. The number of tetrazole rings is 1. The maximum Gasteiger partial charge on any atom is 0.293 e. The lowest BCUT2D eigenvalue weighted by Crippen LogP contribution is -2.53. The number of hydrogen-bond acceptors (Lipinski definition) is 13. The predicted octanol–water partition coefficient (Wildman–Crippen LogP) is 2.54. The van der Waals surface area contributed by atoms with Crippen molar-refractivity contribution in [1.82, 2.24) is 55.8 Å². The fourth-order valence-electron chi connectivity index (χ4n) is 8.30. The lowest BCUT2D eigenvalue weighted by molar-refractivity contribution is -0.122. The first-order chi connectivity index (χ1) is 33.9. The molecule has 0 saturated carbocycles. The highest BCUT2D eigenvalue weighted by Crippen LogP contribution is 2.35. The number of carbonyl (C=O) groups is 4. The number of fused-ring (bicyclic) bond motifs is 2. The van der Waals surface area contributed by atoms with Crippen LogP contribution in [0.1, 0.15) is 63.2 Å². The highest BCUT2D eigenvalue weighted by Gasteiger charge is 2.38. The van der Waals surface area contributed by atoms with Gasteiger partial charge < -0.3 is 29.9 Å². The minimum atomic E-state index is -1.00. The first-order valence-corrected chi connectivity index (χ1v) is 22.9. The van der Waals surface area contributed by atoms with Crippen LogP contribution in [0.5, 0.6) is 11.5 Å². The number of piperazine rings is 1. The first kappa shape index (κ1) is 46.7. The van der Waals surface area contributed by atoms with Gasteiger partial charge >= 0.3 is 0 Å². The van der Waals surface area contributed by atoms with Gasteiger partial charge in [-0.25, -0.2) is 4.98 Å². The number of carbonyl (C=O) groups excluding carboxylic acids is 4. The van der Waals surface area contributed by atoms with Gasteiger partial charge in [0.05, 0.1) is 31.0 Å². The molecule has 19 heteroatoms. The Hall–Kier alpha value is -8.39. The van der Waals surface area contributed by atoms with Crippen LogP contribution in [0, 0.1) is 23.7 Å². The molecule has 3 N–H and O–H groups in total. The van der Waals surface area contributed by atoms with Gasteiger partial charge in [0.25, 0.3) is 29.5 Å². The van der Waals surface area contributed by atoms with E-state index in [1.54, 1.807) is 40.1 Å². The number of anilines is 2. The number of likely N-dealkylation sites (N-methyl/N-ethyl adjacent to an activating group) is 2. The summed E-state index contributed by atoms with van der Waals surface area (Å²) in [6.07, 6.45) is -0.876. The molecule has 19 nitrogen and oxygen atoms in total. The summed E-state index contributed by atoms with van der Waals surface area (Å²) in [6, 6.07) is 28.3. The SMILES string of the molecule is C[C@H]1Oc2ccc(C#CCN3CCN(CC#Cc4ccc5c(c4)N(C)C(=O)[C@@H](NC(=O)c4nnn(Cc6ccccc6)n4)[C@@H](C)O5)CC3)cc2N(C)C(=O)[C@H]1NC(=O)c1n[nH]c(Cc2ccccc2)n1. The Morgan fingerprint density at radius 3 is 1.71 bits per heavy atom. The second kappa shape index (κ2) is 20.9. The van der Waals surface area contributed by atoms with Crippen LogP contribution in [0.2, 0.25) is 0 Å². The maximum absolute atomic E-state index is 13.7. The van der Waals surface area contributed by atoms with Crippen LogP contribution in [0.15, 0.2) is 97.1 Å². The van der Waals surface area contributed by atoms with E-state index in [0.29, 0.717) is 54.8 Å². The number of aromatic nitrogens is 7. The van der Waals surface area contributed by atoms with Crippen LogP contribution in [-0.4, -0.2) is 146 Å². The van der Waals surface area contributed by atoms with Crippen molar-refractivity contribution in [2.75, 3.05) is 63.2 Å². The van der Waals surface area contributed by atoms with Crippen LogP contribution in [0.4, 0.5) is 11.4 Å². The Morgan fingerprint density at radius 2 is 1.19 bits per heavy atom. The normalized spacial score (nSPS) is 19.1. The number of ether oxygens (including phenoxy) is 2. The molecular formula is C51H51N13O6. The molecule has 1 saturated heterocycles. The lowest BCUT2D eigenvalue weighted by atomic mass is 10.1. The van der Waals surface area contributed by atoms with Crippen LogP contribution in [0.3, 0.4) is 0 Å². The zero-order valence-electron chi connectivity index (χ0n) is 39.1. The third-order valence-electron chi connectivity index (χ3n) is 12.3. The average Bonchev–Trinajstić information content (AvgIpc) is 4.02. The molecule has 0 radical (unpaired) electrons. The molecule has 0 aliphatic carbocycles. The van der Waals surface area contributed by atoms with Gasteiger partial charge in [-0.15, -0.1) is 15.3 Å². The van der Waals surface area contributed by atoms with E-state index in [0.717, 1.165) is 48.4 Å². The molecule has 356 valence electrons. The summed E-state index contributed by atoms with van der Waals surface area (Å²) in [6.45, 7) is 8.23. The van der Waals surface area contributed by atoms with E-state index in [1.807, 2.05) is 84.9 Å². The van der Waals surface area contributed by atoms with Crippen molar-refractivity contribution in [3.8, 4) is 35.2 Å². The van der Waals surface area contributed by atoms with Crippen LogP contribution in [0.25, 0.3) is 0 Å². The second-order valence-corrected chi connectivity index (χ2v) is 17.3. The van der Waals surface area contributed by atoms with E-state index in [9.17, 15) is 19.2 Å². The van der Waals surface area contributed by atoms with E-state index in [2.05, 4.69) is 74.7 Å². The molecular weight excluding hydrogens is 891 g/mol. The van der Waals surface area contributed by atoms with Gasteiger partial charge in [-0.05, 0) is 66.6 Å². The Bertz CT molecular complexity index is 2820.